The molecule has 184 valence electrons. The molecule has 2 aliphatic carbocycles. The molecule has 1 saturated carbocycles. The van der Waals surface area contributed by atoms with Gasteiger partial charge in [-0.3, -0.25) is 4.98 Å². The smallest absolute Gasteiger partial charge is 0.296 e. The van der Waals surface area contributed by atoms with Crippen molar-refractivity contribution in [3.63, 3.8) is 0 Å². The number of hydrogen-bond donors (Lipinski definition) is 2. The summed E-state index contributed by atoms with van der Waals surface area (Å²) in [7, 11) is 0. The monoisotopic (exact) mass is 496 g/mol. The standard InChI is InChI=1S/C26H29ClN4O4/c27-17-9-19-25(31-26(30-19)35-21-12-34-23-20(32)11-33-24(21)23)29-18(17)8-16-6-5-15-7-14(10-28-22(15)16)4-3-13-1-2-13/h7,9-10,13,16,20-21,23-24,32H,1-6,8,11-12H2,(H,29,30,31)/t16?,20-,21-,23-,24-/m1/s1. The number of aryl methyl sites for hydroxylation is 2. The van der Waals surface area contributed by atoms with E-state index < -0.39 is 6.10 Å². The molecule has 4 aliphatic rings. The molecule has 7 rings (SSSR count). The fourth-order valence-corrected chi connectivity index (χ4v) is 6.00. The highest BCUT2D eigenvalue weighted by Crippen LogP contribution is 2.38. The topological polar surface area (TPSA) is 102 Å². The van der Waals surface area contributed by atoms with E-state index >= 15 is 0 Å². The Balaban J connectivity index is 1.06. The lowest BCUT2D eigenvalue weighted by Crippen LogP contribution is -2.34. The number of rotatable bonds is 7. The van der Waals surface area contributed by atoms with Gasteiger partial charge in [0.1, 0.15) is 18.3 Å². The Morgan fingerprint density at radius 2 is 2.00 bits per heavy atom. The van der Waals surface area contributed by atoms with E-state index in [-0.39, 0.29) is 24.9 Å². The van der Waals surface area contributed by atoms with Crippen LogP contribution >= 0.6 is 11.6 Å². The molecule has 1 unspecified atom stereocenters. The summed E-state index contributed by atoms with van der Waals surface area (Å²) in [6.07, 6.45) is 8.59. The molecule has 0 spiro atoms. The minimum atomic E-state index is -0.614. The summed E-state index contributed by atoms with van der Waals surface area (Å²) in [6, 6.07) is 4.59. The minimum Gasteiger partial charge on any atom is -0.456 e. The van der Waals surface area contributed by atoms with Crippen molar-refractivity contribution >= 4 is 22.8 Å². The van der Waals surface area contributed by atoms with E-state index in [4.69, 9.17) is 35.8 Å². The van der Waals surface area contributed by atoms with E-state index in [1.807, 2.05) is 6.07 Å². The van der Waals surface area contributed by atoms with Crippen LogP contribution in [0.1, 0.15) is 54.1 Å². The lowest BCUT2D eigenvalue weighted by atomic mass is 9.99. The summed E-state index contributed by atoms with van der Waals surface area (Å²) in [5, 5.41) is 10.6. The number of hydrogen-bond acceptors (Lipinski definition) is 7. The third kappa shape index (κ3) is 4.20. The summed E-state index contributed by atoms with van der Waals surface area (Å²) in [5.41, 5.74) is 6.08. The van der Waals surface area contributed by atoms with Gasteiger partial charge in [0.05, 0.1) is 29.4 Å². The van der Waals surface area contributed by atoms with Crippen molar-refractivity contribution in [2.45, 2.75) is 75.3 Å². The van der Waals surface area contributed by atoms with E-state index in [2.05, 4.69) is 22.2 Å². The zero-order valence-electron chi connectivity index (χ0n) is 19.5. The van der Waals surface area contributed by atoms with Crippen LogP contribution in [0.25, 0.3) is 11.2 Å². The zero-order valence-corrected chi connectivity index (χ0v) is 20.2. The first-order valence-corrected chi connectivity index (χ1v) is 13.1. The maximum atomic E-state index is 9.94. The molecular formula is C26H29ClN4O4. The Hall–Kier alpha value is -2.26. The van der Waals surface area contributed by atoms with Gasteiger partial charge in [0, 0.05) is 17.8 Å². The Bertz CT molecular complexity index is 1260. The van der Waals surface area contributed by atoms with Crippen LogP contribution in [0, 0.1) is 5.92 Å². The molecule has 3 fully saturated rings. The Morgan fingerprint density at radius 1 is 1.11 bits per heavy atom. The molecule has 3 aromatic rings. The Labute approximate surface area is 208 Å². The first-order chi connectivity index (χ1) is 17.1. The number of aromatic amines is 1. The van der Waals surface area contributed by atoms with Gasteiger partial charge in [-0.1, -0.05) is 30.5 Å². The predicted molar refractivity (Wildman–Crippen MR) is 129 cm³/mol. The van der Waals surface area contributed by atoms with Gasteiger partial charge < -0.3 is 24.3 Å². The molecule has 9 heteroatoms. The van der Waals surface area contributed by atoms with Crippen molar-refractivity contribution in [3.8, 4) is 6.01 Å². The Morgan fingerprint density at radius 3 is 2.89 bits per heavy atom. The molecule has 0 aromatic carbocycles. The van der Waals surface area contributed by atoms with Crippen molar-refractivity contribution in [2.24, 2.45) is 5.92 Å². The van der Waals surface area contributed by atoms with Crippen LogP contribution < -0.4 is 4.74 Å². The van der Waals surface area contributed by atoms with E-state index in [0.29, 0.717) is 29.2 Å². The molecule has 0 amide bonds. The molecule has 2 N–H and O–H groups in total. The fourth-order valence-electron chi connectivity index (χ4n) is 5.77. The number of fused-ring (bicyclic) bond motifs is 3. The van der Waals surface area contributed by atoms with Crippen LogP contribution in [-0.4, -0.2) is 62.7 Å². The van der Waals surface area contributed by atoms with Crippen LogP contribution in [0.5, 0.6) is 6.01 Å². The van der Waals surface area contributed by atoms with Gasteiger partial charge >= 0.3 is 0 Å². The van der Waals surface area contributed by atoms with E-state index in [9.17, 15) is 5.11 Å². The van der Waals surface area contributed by atoms with Crippen molar-refractivity contribution in [1.82, 2.24) is 19.9 Å². The number of H-pyrrole nitrogens is 1. The van der Waals surface area contributed by atoms with Gasteiger partial charge in [-0.05, 0) is 55.2 Å². The lowest BCUT2D eigenvalue weighted by Gasteiger charge is -2.15. The quantitative estimate of drug-likeness (QED) is 0.516. The number of aromatic nitrogens is 4. The summed E-state index contributed by atoms with van der Waals surface area (Å²) in [5.74, 6) is 1.26. The van der Waals surface area contributed by atoms with Gasteiger partial charge in [0.15, 0.2) is 11.8 Å². The first-order valence-electron chi connectivity index (χ1n) is 12.7. The highest BCUT2D eigenvalue weighted by atomic mass is 35.5. The van der Waals surface area contributed by atoms with Crippen molar-refractivity contribution in [3.05, 3.63) is 45.9 Å². The normalized spacial score (nSPS) is 29.6. The third-order valence-corrected chi connectivity index (χ3v) is 8.23. The average Bonchev–Trinajstić information content (AvgIpc) is 3.13. The lowest BCUT2D eigenvalue weighted by molar-refractivity contribution is 0.00706. The largest absolute Gasteiger partial charge is 0.456 e. The second-order valence-corrected chi connectivity index (χ2v) is 10.9. The SMILES string of the molecule is O[C@@H]1CO[C@H]2[C@@H]1OC[C@H]2Oc1nc2nc(CC3CCc4cc(CCC5CC5)cnc43)c(Cl)cc2[nH]1. The Kier molecular flexibility index (Phi) is 5.46. The molecule has 35 heavy (non-hydrogen) atoms. The van der Waals surface area contributed by atoms with Crippen molar-refractivity contribution < 1.29 is 19.3 Å². The van der Waals surface area contributed by atoms with Crippen LogP contribution in [0.4, 0.5) is 0 Å². The number of nitrogens with one attached hydrogen (secondary N) is 1. The fraction of sp³-hybridized carbons (Fsp3) is 0.577. The third-order valence-electron chi connectivity index (χ3n) is 7.91. The second kappa shape index (κ2) is 8.69. The molecule has 5 atom stereocenters. The number of nitrogens with zero attached hydrogens (tertiary/aromatic N) is 3. The summed E-state index contributed by atoms with van der Waals surface area (Å²) >= 11 is 6.64. The maximum Gasteiger partial charge on any atom is 0.296 e. The van der Waals surface area contributed by atoms with Gasteiger partial charge in [-0.2, -0.15) is 4.98 Å². The first kappa shape index (κ1) is 22.0. The minimum absolute atomic E-state index is 0.261. The van der Waals surface area contributed by atoms with E-state index in [1.165, 1.54) is 36.1 Å². The van der Waals surface area contributed by atoms with Crippen molar-refractivity contribution in [1.29, 1.82) is 0 Å². The van der Waals surface area contributed by atoms with Gasteiger partial charge in [0.2, 0.25) is 0 Å². The number of aliphatic hydroxyl groups is 1. The summed E-state index contributed by atoms with van der Waals surface area (Å²) in [4.78, 5) is 17.3. The number of halogens is 1. The summed E-state index contributed by atoms with van der Waals surface area (Å²) < 4.78 is 17.3. The number of pyridine rings is 2. The molecule has 0 radical (unpaired) electrons. The van der Waals surface area contributed by atoms with Gasteiger partial charge in [-0.15, -0.1) is 0 Å². The second-order valence-electron chi connectivity index (χ2n) is 10.5. The van der Waals surface area contributed by atoms with Crippen LogP contribution in [-0.2, 0) is 28.7 Å². The molecule has 0 bridgehead atoms. The predicted octanol–water partition coefficient (Wildman–Crippen LogP) is 3.53. The molecule has 2 saturated heterocycles. The average molecular weight is 497 g/mol. The molecule has 2 aliphatic heterocycles. The number of ether oxygens (including phenoxy) is 3. The van der Waals surface area contributed by atoms with Gasteiger partial charge in [0.25, 0.3) is 6.01 Å². The van der Waals surface area contributed by atoms with E-state index in [0.717, 1.165) is 42.8 Å². The number of aliphatic hydroxyl groups excluding tert-OH is 1. The zero-order chi connectivity index (χ0) is 23.5. The molecule has 8 nitrogen and oxygen atoms in total. The van der Waals surface area contributed by atoms with Crippen LogP contribution in [0.3, 0.4) is 0 Å². The van der Waals surface area contributed by atoms with E-state index in [1.54, 1.807) is 0 Å². The highest BCUT2D eigenvalue weighted by Gasteiger charge is 2.48. The van der Waals surface area contributed by atoms with Crippen molar-refractivity contribution in [2.75, 3.05) is 13.2 Å². The number of imidazole rings is 1. The maximum absolute atomic E-state index is 9.94. The molecule has 5 heterocycles. The molecule has 3 aromatic heterocycles. The van der Waals surface area contributed by atoms with Gasteiger partial charge in [-0.25, -0.2) is 4.98 Å². The summed E-state index contributed by atoms with van der Waals surface area (Å²) in [6.45, 7) is 0.607. The molecular weight excluding hydrogens is 468 g/mol. The highest BCUT2D eigenvalue weighted by molar-refractivity contribution is 6.31. The van der Waals surface area contributed by atoms with Crippen LogP contribution in [0.2, 0.25) is 5.02 Å². The van der Waals surface area contributed by atoms with Crippen LogP contribution in [0.15, 0.2) is 18.3 Å².